The van der Waals surface area contributed by atoms with Gasteiger partial charge in [0.15, 0.2) is 5.78 Å². The van der Waals surface area contributed by atoms with Crippen LogP contribution in [-0.2, 0) is 15.7 Å². The van der Waals surface area contributed by atoms with Crippen molar-refractivity contribution in [1.82, 2.24) is 0 Å². The van der Waals surface area contributed by atoms with Crippen molar-refractivity contribution in [1.29, 1.82) is 0 Å². The molecule has 2 aliphatic rings. The van der Waals surface area contributed by atoms with Crippen molar-refractivity contribution in [2.45, 2.75) is 51.7 Å². The van der Waals surface area contributed by atoms with Crippen LogP contribution in [-0.4, -0.2) is 24.6 Å². The Balaban J connectivity index is 1.91. The van der Waals surface area contributed by atoms with E-state index in [1.807, 2.05) is 39.0 Å². The number of rotatable bonds is 1. The van der Waals surface area contributed by atoms with E-state index in [1.54, 1.807) is 0 Å². The minimum absolute atomic E-state index is 0.0456. The van der Waals surface area contributed by atoms with Crippen LogP contribution in [0.1, 0.15) is 49.5 Å². The highest BCUT2D eigenvalue weighted by atomic mass is 16.7. The first-order chi connectivity index (χ1) is 8.97. The molecule has 1 atom stereocenters. The zero-order valence-electron chi connectivity index (χ0n) is 11.7. The molecule has 0 saturated carbocycles. The summed E-state index contributed by atoms with van der Waals surface area (Å²) < 4.78 is 11.8. The van der Waals surface area contributed by atoms with Gasteiger partial charge in [0.1, 0.15) is 0 Å². The second kappa shape index (κ2) is 4.46. The molecule has 19 heavy (non-hydrogen) atoms. The van der Waals surface area contributed by atoms with Gasteiger partial charge in [0.05, 0.1) is 11.7 Å². The third kappa shape index (κ3) is 2.23. The normalized spacial score (nSPS) is 25.5. The van der Waals surface area contributed by atoms with Gasteiger partial charge in [0.25, 0.3) is 0 Å². The smallest absolute Gasteiger partial charge is 0.402 e. The van der Waals surface area contributed by atoms with Crippen molar-refractivity contribution in [3.63, 3.8) is 0 Å². The van der Waals surface area contributed by atoms with Crippen LogP contribution in [0.4, 0.5) is 0 Å². The summed E-state index contributed by atoms with van der Waals surface area (Å²) in [4.78, 5) is 12.0. The lowest BCUT2D eigenvalue weighted by atomic mass is 9.76. The largest absolute Gasteiger partial charge is 0.494 e. The summed E-state index contributed by atoms with van der Waals surface area (Å²) in [5.74, 6) is 0.244. The monoisotopic (exact) mass is 258 g/mol. The first-order valence-electron chi connectivity index (χ1n) is 6.97. The van der Waals surface area contributed by atoms with Gasteiger partial charge in [-0.2, -0.15) is 0 Å². The Morgan fingerprint density at radius 3 is 2.79 bits per heavy atom. The SMILES string of the molecule is CC1OB(c2ccc3c(c2)C(=O)CCC3)OC1(C)C. The van der Waals surface area contributed by atoms with Crippen molar-refractivity contribution < 1.29 is 14.1 Å². The van der Waals surface area contributed by atoms with E-state index < -0.39 is 0 Å². The lowest BCUT2D eigenvalue weighted by Gasteiger charge is -2.21. The van der Waals surface area contributed by atoms with Gasteiger partial charge in [-0.3, -0.25) is 4.79 Å². The topological polar surface area (TPSA) is 35.5 Å². The highest BCUT2D eigenvalue weighted by Gasteiger charge is 2.44. The number of ketones is 1. The molecule has 1 fully saturated rings. The average Bonchev–Trinajstić information content (AvgIpc) is 2.64. The lowest BCUT2D eigenvalue weighted by molar-refractivity contribution is 0.0842. The van der Waals surface area contributed by atoms with E-state index in [1.165, 1.54) is 0 Å². The van der Waals surface area contributed by atoms with E-state index in [4.69, 9.17) is 9.31 Å². The van der Waals surface area contributed by atoms with Crippen molar-refractivity contribution in [2.75, 3.05) is 0 Å². The molecule has 1 aromatic rings. The van der Waals surface area contributed by atoms with Crippen LogP contribution in [0.5, 0.6) is 0 Å². The Kier molecular flexibility index (Phi) is 3.03. The Morgan fingerprint density at radius 2 is 2.11 bits per heavy atom. The fraction of sp³-hybridized carbons (Fsp3) is 0.533. The van der Waals surface area contributed by atoms with Gasteiger partial charge in [-0.05, 0) is 44.6 Å². The second-order valence-corrected chi connectivity index (χ2v) is 6.02. The van der Waals surface area contributed by atoms with Crippen molar-refractivity contribution in [3.05, 3.63) is 29.3 Å². The number of carbonyl (C=O) groups is 1. The molecular formula is C15H19BO3. The van der Waals surface area contributed by atoms with Gasteiger partial charge in [-0.25, -0.2) is 0 Å². The summed E-state index contributed by atoms with van der Waals surface area (Å²) in [6.07, 6.45) is 2.66. The highest BCUT2D eigenvalue weighted by molar-refractivity contribution is 6.62. The summed E-state index contributed by atoms with van der Waals surface area (Å²) in [6, 6.07) is 6.02. The van der Waals surface area contributed by atoms with Crippen LogP contribution >= 0.6 is 0 Å². The molecule has 1 saturated heterocycles. The van der Waals surface area contributed by atoms with Crippen LogP contribution in [0.25, 0.3) is 0 Å². The molecule has 1 aliphatic carbocycles. The maximum absolute atomic E-state index is 12.0. The zero-order valence-corrected chi connectivity index (χ0v) is 11.7. The van der Waals surface area contributed by atoms with Crippen LogP contribution in [0, 0.1) is 0 Å². The maximum atomic E-state index is 12.0. The van der Waals surface area contributed by atoms with Crippen LogP contribution in [0.2, 0.25) is 0 Å². The molecule has 1 aliphatic heterocycles. The summed E-state index contributed by atoms with van der Waals surface area (Å²) in [5, 5.41) is 0. The fourth-order valence-corrected chi connectivity index (χ4v) is 2.69. The number of hydrogen-bond acceptors (Lipinski definition) is 3. The van der Waals surface area contributed by atoms with Crippen molar-refractivity contribution in [2.24, 2.45) is 0 Å². The van der Waals surface area contributed by atoms with Crippen LogP contribution in [0.3, 0.4) is 0 Å². The number of benzene rings is 1. The van der Waals surface area contributed by atoms with Crippen LogP contribution < -0.4 is 5.46 Å². The van der Waals surface area contributed by atoms with Gasteiger partial charge in [0, 0.05) is 12.0 Å². The summed E-state index contributed by atoms with van der Waals surface area (Å²) in [6.45, 7) is 6.08. The van der Waals surface area contributed by atoms with Crippen LogP contribution in [0.15, 0.2) is 18.2 Å². The van der Waals surface area contributed by atoms with E-state index in [0.717, 1.165) is 29.4 Å². The maximum Gasteiger partial charge on any atom is 0.494 e. The summed E-state index contributed by atoms with van der Waals surface area (Å²) in [5.41, 5.74) is 2.68. The molecule has 0 spiro atoms. The van der Waals surface area contributed by atoms with Crippen molar-refractivity contribution in [3.8, 4) is 0 Å². The lowest BCUT2D eigenvalue weighted by Crippen LogP contribution is -2.35. The molecule has 4 heteroatoms. The van der Waals surface area contributed by atoms with E-state index >= 15 is 0 Å². The molecule has 0 bridgehead atoms. The molecule has 1 aromatic carbocycles. The quantitative estimate of drug-likeness (QED) is 0.724. The predicted octanol–water partition coefficient (Wildman–Crippen LogP) is 2.11. The third-order valence-electron chi connectivity index (χ3n) is 4.27. The first-order valence-corrected chi connectivity index (χ1v) is 6.97. The number of aryl methyl sites for hydroxylation is 1. The molecule has 0 aromatic heterocycles. The summed E-state index contributed by atoms with van der Waals surface area (Å²) >= 11 is 0. The van der Waals surface area contributed by atoms with Gasteiger partial charge in [0.2, 0.25) is 0 Å². The molecular weight excluding hydrogens is 239 g/mol. The number of carbonyl (C=O) groups excluding carboxylic acids is 1. The van der Waals surface area contributed by atoms with E-state index in [2.05, 4.69) is 0 Å². The van der Waals surface area contributed by atoms with E-state index in [9.17, 15) is 4.79 Å². The third-order valence-corrected chi connectivity index (χ3v) is 4.27. The Hall–Kier alpha value is -1.13. The average molecular weight is 258 g/mol. The molecule has 1 unspecified atom stereocenters. The minimum atomic E-state index is -0.356. The van der Waals surface area contributed by atoms with E-state index in [-0.39, 0.29) is 24.6 Å². The predicted molar refractivity (Wildman–Crippen MR) is 74.8 cm³/mol. The Bertz CT molecular complexity index is 524. The van der Waals surface area contributed by atoms with Crippen molar-refractivity contribution >= 4 is 18.4 Å². The number of Topliss-reactive ketones (excluding diaryl/α,β-unsaturated/α-hetero) is 1. The number of hydrogen-bond donors (Lipinski definition) is 0. The fourth-order valence-electron chi connectivity index (χ4n) is 2.69. The molecule has 0 N–H and O–H groups in total. The Labute approximate surface area is 114 Å². The van der Waals surface area contributed by atoms with Gasteiger partial charge >= 0.3 is 7.12 Å². The number of fused-ring (bicyclic) bond motifs is 1. The molecule has 3 rings (SSSR count). The molecule has 1 heterocycles. The van der Waals surface area contributed by atoms with Gasteiger partial charge in [-0.1, -0.05) is 18.2 Å². The first kappa shape index (κ1) is 12.9. The standard InChI is InChI=1S/C15H19BO3/c1-10-15(2,3)19-16(18-10)12-8-7-11-5-4-6-14(17)13(11)9-12/h7-10H,4-6H2,1-3H3. The molecule has 0 radical (unpaired) electrons. The minimum Gasteiger partial charge on any atom is -0.402 e. The van der Waals surface area contributed by atoms with Gasteiger partial charge < -0.3 is 9.31 Å². The van der Waals surface area contributed by atoms with E-state index in [0.29, 0.717) is 6.42 Å². The summed E-state index contributed by atoms with van der Waals surface area (Å²) in [7, 11) is -0.356. The zero-order chi connectivity index (χ0) is 13.6. The second-order valence-electron chi connectivity index (χ2n) is 6.02. The molecule has 3 nitrogen and oxygen atoms in total. The Morgan fingerprint density at radius 1 is 1.32 bits per heavy atom. The molecule has 0 amide bonds. The highest BCUT2D eigenvalue weighted by Crippen LogP contribution is 2.27. The molecule has 100 valence electrons. The van der Waals surface area contributed by atoms with Gasteiger partial charge in [-0.15, -0.1) is 0 Å².